The highest BCUT2D eigenvalue weighted by atomic mass is 16.2. The number of carbonyl (C=O) groups excluding carboxylic acids is 1. The van der Waals surface area contributed by atoms with Gasteiger partial charge in [-0.05, 0) is 30.9 Å². The van der Waals surface area contributed by atoms with E-state index in [0.29, 0.717) is 18.8 Å². The van der Waals surface area contributed by atoms with Crippen LogP contribution in [0.5, 0.6) is 0 Å². The van der Waals surface area contributed by atoms with Gasteiger partial charge in [-0.3, -0.25) is 18.9 Å². The Morgan fingerprint density at radius 1 is 1.41 bits per heavy atom. The van der Waals surface area contributed by atoms with Crippen LogP contribution in [-0.4, -0.2) is 32.0 Å². The molecule has 3 rings (SSSR count). The molecule has 0 fully saturated rings. The summed E-state index contributed by atoms with van der Waals surface area (Å²) >= 11 is 0. The van der Waals surface area contributed by atoms with E-state index in [4.69, 9.17) is 0 Å². The number of nitrogens with zero attached hydrogens (tertiary/aromatic N) is 4. The molecule has 0 saturated carbocycles. The van der Waals surface area contributed by atoms with Crippen LogP contribution in [0.25, 0.3) is 0 Å². The molecule has 0 bridgehead atoms. The molecule has 1 amide bonds. The maximum atomic E-state index is 12.8. The number of hydrogen-bond acceptors (Lipinski definition) is 3. The summed E-state index contributed by atoms with van der Waals surface area (Å²) in [6.07, 6.45) is 6.27. The van der Waals surface area contributed by atoms with Crippen molar-refractivity contribution < 1.29 is 4.79 Å². The van der Waals surface area contributed by atoms with Crippen molar-refractivity contribution in [2.45, 2.75) is 32.4 Å². The van der Waals surface area contributed by atoms with Gasteiger partial charge in [0.05, 0.1) is 5.69 Å². The van der Waals surface area contributed by atoms with Crippen LogP contribution in [0.2, 0.25) is 0 Å². The van der Waals surface area contributed by atoms with Crippen molar-refractivity contribution in [3.8, 4) is 0 Å². The number of carbonyl (C=O) groups is 1. The predicted molar refractivity (Wildman–Crippen MR) is 82.6 cm³/mol. The van der Waals surface area contributed by atoms with Crippen molar-refractivity contribution >= 4 is 5.91 Å². The summed E-state index contributed by atoms with van der Waals surface area (Å²) in [7, 11) is 3.44. The molecule has 6 nitrogen and oxygen atoms in total. The summed E-state index contributed by atoms with van der Waals surface area (Å²) in [5.74, 6) is -0.112. The molecule has 2 aromatic rings. The van der Waals surface area contributed by atoms with Crippen molar-refractivity contribution in [2.24, 2.45) is 7.05 Å². The Balaban J connectivity index is 1.91. The molecule has 116 valence electrons. The van der Waals surface area contributed by atoms with Crippen LogP contribution >= 0.6 is 0 Å². The van der Waals surface area contributed by atoms with Gasteiger partial charge in [-0.15, -0.1) is 0 Å². The molecule has 0 saturated heterocycles. The fourth-order valence-electron chi connectivity index (χ4n) is 3.04. The molecule has 0 radical (unpaired) electrons. The zero-order chi connectivity index (χ0) is 15.7. The second-order valence-electron chi connectivity index (χ2n) is 5.77. The van der Waals surface area contributed by atoms with E-state index >= 15 is 0 Å². The highest BCUT2D eigenvalue weighted by Gasteiger charge is 2.26. The highest BCUT2D eigenvalue weighted by molar-refractivity contribution is 5.93. The first-order valence-electron chi connectivity index (χ1n) is 7.52. The van der Waals surface area contributed by atoms with Crippen LogP contribution in [0, 0.1) is 0 Å². The number of pyridine rings is 1. The summed E-state index contributed by atoms with van der Waals surface area (Å²) in [4.78, 5) is 30.8. The average molecular weight is 300 g/mol. The molecular formula is C16H20N4O2. The molecule has 0 aliphatic carbocycles. The van der Waals surface area contributed by atoms with E-state index in [0.717, 1.165) is 30.5 Å². The molecule has 0 aromatic carbocycles. The van der Waals surface area contributed by atoms with Crippen LogP contribution < -0.4 is 5.69 Å². The van der Waals surface area contributed by atoms with Crippen LogP contribution in [0.15, 0.2) is 29.3 Å². The summed E-state index contributed by atoms with van der Waals surface area (Å²) < 4.78 is 3.23. The van der Waals surface area contributed by atoms with Crippen molar-refractivity contribution in [3.63, 3.8) is 0 Å². The van der Waals surface area contributed by atoms with Gasteiger partial charge < -0.3 is 4.90 Å². The minimum Gasteiger partial charge on any atom is -0.336 e. The van der Waals surface area contributed by atoms with E-state index in [1.54, 1.807) is 36.0 Å². The number of hydrogen-bond donors (Lipinski definition) is 0. The lowest BCUT2D eigenvalue weighted by atomic mass is 10.1. The number of imidazole rings is 1. The smallest absolute Gasteiger partial charge is 0.328 e. The van der Waals surface area contributed by atoms with Gasteiger partial charge in [-0.25, -0.2) is 4.79 Å². The lowest BCUT2D eigenvalue weighted by Crippen LogP contribution is -2.30. The fourth-order valence-corrected chi connectivity index (χ4v) is 3.04. The van der Waals surface area contributed by atoms with Crippen LogP contribution in [0.1, 0.15) is 34.6 Å². The van der Waals surface area contributed by atoms with E-state index in [2.05, 4.69) is 4.98 Å². The van der Waals surface area contributed by atoms with Gasteiger partial charge >= 0.3 is 5.69 Å². The van der Waals surface area contributed by atoms with E-state index in [1.807, 2.05) is 12.1 Å². The van der Waals surface area contributed by atoms with Crippen LogP contribution in [-0.2, 0) is 26.6 Å². The Hall–Kier alpha value is -2.37. The summed E-state index contributed by atoms with van der Waals surface area (Å²) in [5, 5.41) is 0. The zero-order valence-electron chi connectivity index (χ0n) is 13.0. The van der Waals surface area contributed by atoms with Gasteiger partial charge in [0, 0.05) is 39.6 Å². The third kappa shape index (κ3) is 2.45. The second-order valence-corrected chi connectivity index (χ2v) is 5.77. The maximum Gasteiger partial charge on any atom is 0.328 e. The third-order valence-corrected chi connectivity index (χ3v) is 4.19. The Bertz CT molecular complexity index is 745. The van der Waals surface area contributed by atoms with Gasteiger partial charge in [-0.2, -0.15) is 0 Å². The maximum absolute atomic E-state index is 12.8. The summed E-state index contributed by atoms with van der Waals surface area (Å²) in [6, 6.07) is 3.79. The molecule has 0 N–H and O–H groups in total. The number of rotatable bonds is 3. The van der Waals surface area contributed by atoms with E-state index in [1.165, 1.54) is 4.57 Å². The highest BCUT2D eigenvalue weighted by Crippen LogP contribution is 2.19. The standard InChI is InChI=1S/C16H20N4O2/c1-18(11-12-6-5-8-17-10-12)15(21)14-13-7-3-4-9-20(13)16(22)19(14)2/h5-6,8,10H,3-4,7,9,11H2,1-2H3. The third-order valence-electron chi connectivity index (χ3n) is 4.19. The molecule has 2 aromatic heterocycles. The van der Waals surface area contributed by atoms with Gasteiger partial charge in [0.1, 0.15) is 5.69 Å². The van der Waals surface area contributed by atoms with Crippen molar-refractivity contribution in [3.05, 3.63) is 52.0 Å². The molecule has 0 atom stereocenters. The van der Waals surface area contributed by atoms with E-state index in [-0.39, 0.29) is 11.6 Å². The first-order chi connectivity index (χ1) is 10.6. The summed E-state index contributed by atoms with van der Waals surface area (Å²) in [6.45, 7) is 1.19. The van der Waals surface area contributed by atoms with Crippen molar-refractivity contribution in [1.29, 1.82) is 0 Å². The zero-order valence-corrected chi connectivity index (χ0v) is 13.0. The number of aromatic nitrogens is 3. The Kier molecular flexibility index (Phi) is 3.83. The Morgan fingerprint density at radius 2 is 2.23 bits per heavy atom. The van der Waals surface area contributed by atoms with E-state index < -0.39 is 0 Å². The van der Waals surface area contributed by atoms with Gasteiger partial charge in [-0.1, -0.05) is 6.07 Å². The molecule has 1 aliphatic heterocycles. The number of amides is 1. The number of fused-ring (bicyclic) bond motifs is 1. The monoisotopic (exact) mass is 300 g/mol. The molecule has 22 heavy (non-hydrogen) atoms. The van der Waals surface area contributed by atoms with Crippen LogP contribution in [0.3, 0.4) is 0 Å². The first-order valence-corrected chi connectivity index (χ1v) is 7.52. The van der Waals surface area contributed by atoms with Gasteiger partial charge in [0.2, 0.25) is 0 Å². The van der Waals surface area contributed by atoms with Crippen molar-refractivity contribution in [1.82, 2.24) is 19.0 Å². The first kappa shape index (κ1) is 14.6. The normalized spacial score (nSPS) is 13.7. The molecule has 1 aliphatic rings. The summed E-state index contributed by atoms with van der Waals surface area (Å²) in [5.41, 5.74) is 2.28. The molecule has 0 spiro atoms. The molecule has 3 heterocycles. The quantitative estimate of drug-likeness (QED) is 0.855. The molecule has 0 unspecified atom stereocenters. The predicted octanol–water partition coefficient (Wildman–Crippen LogP) is 1.19. The SMILES string of the molecule is CN(Cc1cccnc1)C(=O)c1c2n(c(=O)n1C)CCCC2. The Morgan fingerprint density at radius 3 is 2.95 bits per heavy atom. The minimum atomic E-state index is -0.112. The van der Waals surface area contributed by atoms with Gasteiger partial charge in [0.15, 0.2) is 0 Å². The lowest BCUT2D eigenvalue weighted by molar-refractivity contribution is 0.0773. The Labute approximate surface area is 129 Å². The van der Waals surface area contributed by atoms with Crippen LogP contribution in [0.4, 0.5) is 0 Å². The second kappa shape index (κ2) is 5.79. The lowest BCUT2D eigenvalue weighted by Gasteiger charge is -2.19. The molecule has 6 heteroatoms. The topological polar surface area (TPSA) is 60.1 Å². The van der Waals surface area contributed by atoms with E-state index in [9.17, 15) is 9.59 Å². The van der Waals surface area contributed by atoms with Gasteiger partial charge in [0.25, 0.3) is 5.91 Å². The largest absolute Gasteiger partial charge is 0.336 e. The van der Waals surface area contributed by atoms with Crippen molar-refractivity contribution in [2.75, 3.05) is 7.05 Å². The average Bonchev–Trinajstić information content (AvgIpc) is 2.79. The fraction of sp³-hybridized carbons (Fsp3) is 0.438. The minimum absolute atomic E-state index is 0.0900. The molecular weight excluding hydrogens is 280 g/mol.